The van der Waals surface area contributed by atoms with Crippen LogP contribution in [0.5, 0.6) is 11.5 Å². The minimum absolute atomic E-state index is 0.277. The van der Waals surface area contributed by atoms with Gasteiger partial charge in [-0.3, -0.25) is 14.7 Å². The third-order valence-corrected chi connectivity index (χ3v) is 6.43. The second kappa shape index (κ2) is 11.5. The second-order valence-electron chi connectivity index (χ2n) is 7.74. The van der Waals surface area contributed by atoms with E-state index in [1.807, 2.05) is 97.3 Å². The Morgan fingerprint density at radius 1 is 0.971 bits per heavy atom. The van der Waals surface area contributed by atoms with E-state index in [4.69, 9.17) is 9.47 Å². The van der Waals surface area contributed by atoms with Crippen LogP contribution in [0.4, 0.5) is 0 Å². The Morgan fingerprint density at radius 2 is 1.69 bits per heavy atom. The van der Waals surface area contributed by atoms with Gasteiger partial charge in [0.05, 0.1) is 6.61 Å². The Morgan fingerprint density at radius 3 is 2.37 bits per heavy atom. The van der Waals surface area contributed by atoms with Crippen molar-refractivity contribution in [2.24, 2.45) is 0 Å². The van der Waals surface area contributed by atoms with Crippen LogP contribution in [0.1, 0.15) is 29.1 Å². The molecule has 1 aromatic heterocycles. The molecule has 0 bridgehead atoms. The van der Waals surface area contributed by atoms with Gasteiger partial charge in [-0.15, -0.1) is 10.2 Å². The van der Waals surface area contributed by atoms with Gasteiger partial charge < -0.3 is 9.47 Å². The van der Waals surface area contributed by atoms with Gasteiger partial charge in [-0.1, -0.05) is 66.4 Å². The summed E-state index contributed by atoms with van der Waals surface area (Å²) < 4.78 is 13.7. The zero-order valence-electron chi connectivity index (χ0n) is 19.5. The molecular weight excluding hydrogens is 464 g/mol. The Bertz CT molecular complexity index is 1270. The van der Waals surface area contributed by atoms with Crippen molar-refractivity contribution in [3.63, 3.8) is 0 Å². The van der Waals surface area contributed by atoms with Crippen LogP contribution in [-0.4, -0.2) is 32.8 Å². The molecule has 9 heteroatoms. The van der Waals surface area contributed by atoms with E-state index < -0.39 is 5.25 Å². The molecule has 35 heavy (non-hydrogen) atoms. The van der Waals surface area contributed by atoms with Gasteiger partial charge in [0.25, 0.3) is 0 Å². The number of nitrogens with zero attached hydrogens (tertiary/aromatic N) is 4. The molecule has 0 saturated heterocycles. The fourth-order valence-corrected chi connectivity index (χ4v) is 4.78. The van der Waals surface area contributed by atoms with Crippen molar-refractivity contribution in [3.05, 3.63) is 106 Å². The summed E-state index contributed by atoms with van der Waals surface area (Å²) >= 11 is 1.31. The molecule has 0 N–H and O–H groups in total. The van der Waals surface area contributed by atoms with Gasteiger partial charge >= 0.3 is 0 Å². The summed E-state index contributed by atoms with van der Waals surface area (Å²) in [4.78, 5) is 11.3. The predicted octanol–water partition coefficient (Wildman–Crippen LogP) is 5.66. The van der Waals surface area contributed by atoms with Crippen LogP contribution in [0, 0.1) is 17.0 Å². The number of rotatable bonds is 11. The SMILES string of the molecule is CCOc1cc([C@@H](C[N+](=O)[O-])Sc2nnc(C)n2-c2ccccc2)ccc1OCc1ccccc1. The Kier molecular flexibility index (Phi) is 7.99. The van der Waals surface area contributed by atoms with E-state index >= 15 is 0 Å². The number of benzene rings is 3. The minimum Gasteiger partial charge on any atom is -0.490 e. The number of para-hydroxylation sites is 1. The van der Waals surface area contributed by atoms with E-state index in [9.17, 15) is 10.1 Å². The summed E-state index contributed by atoms with van der Waals surface area (Å²) in [5, 5.41) is 20.2. The maximum atomic E-state index is 11.6. The van der Waals surface area contributed by atoms with Gasteiger partial charge in [-0.2, -0.15) is 0 Å². The summed E-state index contributed by atoms with van der Waals surface area (Å²) in [5.41, 5.74) is 2.69. The Labute approximate surface area is 208 Å². The average molecular weight is 491 g/mol. The van der Waals surface area contributed by atoms with E-state index in [-0.39, 0.29) is 11.5 Å². The summed E-state index contributed by atoms with van der Waals surface area (Å²) in [5.74, 6) is 1.85. The number of nitro groups is 1. The molecule has 0 aliphatic heterocycles. The molecule has 1 heterocycles. The monoisotopic (exact) mass is 490 g/mol. The number of ether oxygens (including phenoxy) is 2. The summed E-state index contributed by atoms with van der Waals surface area (Å²) in [6, 6.07) is 25.0. The van der Waals surface area contributed by atoms with Crippen LogP contribution in [0.15, 0.2) is 84.0 Å². The lowest BCUT2D eigenvalue weighted by Crippen LogP contribution is -2.11. The van der Waals surface area contributed by atoms with Crippen molar-refractivity contribution in [3.8, 4) is 17.2 Å². The molecule has 8 nitrogen and oxygen atoms in total. The molecular formula is C26H26N4O4S. The molecule has 0 aliphatic rings. The smallest absolute Gasteiger partial charge is 0.220 e. The van der Waals surface area contributed by atoms with Gasteiger partial charge in [0.15, 0.2) is 16.7 Å². The zero-order valence-corrected chi connectivity index (χ0v) is 20.4. The van der Waals surface area contributed by atoms with E-state index in [1.165, 1.54) is 11.8 Å². The lowest BCUT2D eigenvalue weighted by atomic mass is 10.1. The quantitative estimate of drug-likeness (QED) is 0.152. The van der Waals surface area contributed by atoms with Crippen LogP contribution >= 0.6 is 11.8 Å². The molecule has 0 aliphatic carbocycles. The first-order valence-electron chi connectivity index (χ1n) is 11.2. The highest BCUT2D eigenvalue weighted by atomic mass is 32.2. The maximum Gasteiger partial charge on any atom is 0.220 e. The van der Waals surface area contributed by atoms with Crippen LogP contribution in [-0.2, 0) is 6.61 Å². The Hall–Kier alpha value is -3.85. The van der Waals surface area contributed by atoms with Gasteiger partial charge in [-0.05, 0) is 49.2 Å². The fraction of sp³-hybridized carbons (Fsp3) is 0.231. The molecule has 0 radical (unpaired) electrons. The highest BCUT2D eigenvalue weighted by Gasteiger charge is 2.25. The van der Waals surface area contributed by atoms with Crippen LogP contribution < -0.4 is 9.47 Å². The summed E-state index contributed by atoms with van der Waals surface area (Å²) in [7, 11) is 0. The summed E-state index contributed by atoms with van der Waals surface area (Å²) in [6.07, 6.45) is 0. The summed E-state index contributed by atoms with van der Waals surface area (Å²) in [6.45, 7) is 4.31. The minimum atomic E-state index is -0.501. The van der Waals surface area contributed by atoms with Crippen LogP contribution in [0.2, 0.25) is 0 Å². The van der Waals surface area contributed by atoms with Gasteiger partial charge in [-0.25, -0.2) is 0 Å². The third-order valence-electron chi connectivity index (χ3n) is 5.25. The number of aryl methyl sites for hydroxylation is 1. The molecule has 4 rings (SSSR count). The molecule has 0 amide bonds. The second-order valence-corrected chi connectivity index (χ2v) is 8.91. The standard InChI is InChI=1S/C26H26N4O4S/c1-3-33-24-16-21(14-15-23(24)34-18-20-10-6-4-7-11-20)25(17-29(31)32)35-26-28-27-19(2)30(26)22-12-8-5-9-13-22/h4-16,25H,3,17-18H2,1-2H3/t25-/m1/s1. The van der Waals surface area contributed by atoms with Gasteiger partial charge in [0, 0.05) is 10.6 Å². The predicted molar refractivity (Wildman–Crippen MR) is 135 cm³/mol. The molecule has 0 saturated carbocycles. The number of thioether (sulfide) groups is 1. The highest BCUT2D eigenvalue weighted by Crippen LogP contribution is 2.39. The number of aromatic nitrogens is 3. The average Bonchev–Trinajstić information content (AvgIpc) is 3.23. The lowest BCUT2D eigenvalue weighted by molar-refractivity contribution is -0.479. The van der Waals surface area contributed by atoms with Crippen molar-refractivity contribution >= 4 is 11.8 Å². The first-order chi connectivity index (χ1) is 17.0. The van der Waals surface area contributed by atoms with E-state index in [2.05, 4.69) is 10.2 Å². The Balaban J connectivity index is 1.62. The van der Waals surface area contributed by atoms with Crippen molar-refractivity contribution < 1.29 is 14.4 Å². The highest BCUT2D eigenvalue weighted by molar-refractivity contribution is 7.99. The van der Waals surface area contributed by atoms with Crippen molar-refractivity contribution in [1.29, 1.82) is 0 Å². The number of hydrogen-bond donors (Lipinski definition) is 0. The first kappa shape index (κ1) is 24.3. The largest absolute Gasteiger partial charge is 0.490 e. The molecule has 4 aromatic rings. The van der Waals surface area contributed by atoms with Gasteiger partial charge in [0.1, 0.15) is 17.7 Å². The van der Waals surface area contributed by atoms with Crippen LogP contribution in [0.25, 0.3) is 5.69 Å². The van der Waals surface area contributed by atoms with Crippen molar-refractivity contribution in [2.75, 3.05) is 13.2 Å². The molecule has 180 valence electrons. The van der Waals surface area contributed by atoms with E-state index in [1.54, 1.807) is 0 Å². The topological polar surface area (TPSA) is 92.3 Å². The van der Waals surface area contributed by atoms with E-state index in [0.29, 0.717) is 35.7 Å². The van der Waals surface area contributed by atoms with Crippen molar-refractivity contribution in [1.82, 2.24) is 14.8 Å². The third kappa shape index (κ3) is 6.19. The van der Waals surface area contributed by atoms with E-state index in [0.717, 1.165) is 16.8 Å². The molecule has 1 atom stereocenters. The molecule has 0 unspecified atom stereocenters. The molecule has 0 fully saturated rings. The molecule has 0 spiro atoms. The number of hydrogen-bond acceptors (Lipinski definition) is 7. The first-order valence-corrected chi connectivity index (χ1v) is 12.1. The fourth-order valence-electron chi connectivity index (χ4n) is 3.61. The maximum absolute atomic E-state index is 11.6. The lowest BCUT2D eigenvalue weighted by Gasteiger charge is -2.17. The van der Waals surface area contributed by atoms with Gasteiger partial charge in [0.2, 0.25) is 6.54 Å². The normalized spacial score (nSPS) is 11.7. The molecule has 3 aromatic carbocycles. The zero-order chi connectivity index (χ0) is 24.6. The van der Waals surface area contributed by atoms with Crippen molar-refractivity contribution in [2.45, 2.75) is 30.9 Å². The van der Waals surface area contributed by atoms with Crippen LogP contribution in [0.3, 0.4) is 0 Å².